The van der Waals surface area contributed by atoms with E-state index in [1.165, 1.54) is 0 Å². The number of hydrogen-bond acceptors (Lipinski definition) is 4. The maximum atomic E-state index is 11.7. The van der Waals surface area contributed by atoms with Crippen molar-refractivity contribution in [3.05, 3.63) is 48.4 Å². The van der Waals surface area contributed by atoms with Gasteiger partial charge in [0.1, 0.15) is 11.6 Å². The van der Waals surface area contributed by atoms with Crippen LogP contribution in [0.25, 0.3) is 0 Å². The number of thioether (sulfide) groups is 1. The van der Waals surface area contributed by atoms with Crippen LogP contribution >= 0.6 is 11.8 Å². The second-order valence-corrected chi connectivity index (χ2v) is 5.33. The quantitative estimate of drug-likeness (QED) is 0.627. The molecular formula is C14H16N2O2S. The number of carbonyl (C=O) groups excluding carboxylic acids is 1. The lowest BCUT2D eigenvalue weighted by Gasteiger charge is -2.04. The Balaban J connectivity index is 1.84. The van der Waals surface area contributed by atoms with Crippen LogP contribution in [0.3, 0.4) is 0 Å². The van der Waals surface area contributed by atoms with Crippen molar-refractivity contribution in [3.63, 3.8) is 0 Å². The van der Waals surface area contributed by atoms with Crippen molar-refractivity contribution >= 4 is 17.1 Å². The molecule has 0 saturated carbocycles. The Morgan fingerprint density at radius 1 is 1.37 bits per heavy atom. The molecule has 0 atom stereocenters. The molecule has 0 saturated heterocycles. The van der Waals surface area contributed by atoms with Gasteiger partial charge in [-0.3, -0.25) is 0 Å². The number of ether oxygens (including phenoxy) is 1. The molecule has 1 aromatic carbocycles. The van der Waals surface area contributed by atoms with E-state index in [4.69, 9.17) is 4.74 Å². The summed E-state index contributed by atoms with van der Waals surface area (Å²) >= 11 is 1.01. The first-order valence-electron chi connectivity index (χ1n) is 6.07. The number of carbonyl (C=O) groups is 1. The number of rotatable bonds is 4. The minimum atomic E-state index is -0.335. The van der Waals surface area contributed by atoms with Crippen molar-refractivity contribution in [2.24, 2.45) is 0 Å². The normalized spacial score (nSPS) is 10.7. The summed E-state index contributed by atoms with van der Waals surface area (Å²) in [6, 6.07) is 9.94. The highest BCUT2D eigenvalue weighted by Crippen LogP contribution is 2.20. The molecule has 5 heteroatoms. The van der Waals surface area contributed by atoms with Gasteiger partial charge in [-0.1, -0.05) is 30.3 Å². The monoisotopic (exact) mass is 276 g/mol. The summed E-state index contributed by atoms with van der Waals surface area (Å²) in [6.45, 7) is 4.41. The third kappa shape index (κ3) is 4.13. The average molecular weight is 276 g/mol. The topological polar surface area (TPSA) is 44.1 Å². The van der Waals surface area contributed by atoms with Crippen molar-refractivity contribution in [1.82, 2.24) is 9.55 Å². The van der Waals surface area contributed by atoms with Crippen molar-refractivity contribution in [1.29, 1.82) is 0 Å². The molecule has 0 unspecified atom stereocenters. The zero-order valence-corrected chi connectivity index (χ0v) is 11.8. The molecule has 0 aliphatic carbocycles. The largest absolute Gasteiger partial charge is 0.452 e. The van der Waals surface area contributed by atoms with Gasteiger partial charge < -0.3 is 9.30 Å². The Hall–Kier alpha value is -1.75. The molecule has 0 aliphatic heterocycles. The molecule has 19 heavy (non-hydrogen) atoms. The van der Waals surface area contributed by atoms with E-state index in [0.717, 1.165) is 17.3 Å². The van der Waals surface area contributed by atoms with Gasteiger partial charge in [-0.25, -0.2) is 9.78 Å². The summed E-state index contributed by atoms with van der Waals surface area (Å²) in [5.41, 5.74) is 0.976. The van der Waals surface area contributed by atoms with Gasteiger partial charge in [0.05, 0.1) is 6.33 Å². The molecule has 2 aromatic rings. The Kier molecular flexibility index (Phi) is 4.63. The molecule has 0 N–H and O–H groups in total. The summed E-state index contributed by atoms with van der Waals surface area (Å²) in [4.78, 5) is 15.8. The maximum Gasteiger partial charge on any atom is 0.374 e. The zero-order chi connectivity index (χ0) is 13.7. The summed E-state index contributed by atoms with van der Waals surface area (Å²) in [5.74, 6) is 0. The summed E-state index contributed by atoms with van der Waals surface area (Å²) < 4.78 is 7.13. The Morgan fingerprint density at radius 2 is 2.11 bits per heavy atom. The van der Waals surface area contributed by atoms with Crippen LogP contribution in [0.2, 0.25) is 0 Å². The smallest absolute Gasteiger partial charge is 0.374 e. The van der Waals surface area contributed by atoms with Crippen LogP contribution < -0.4 is 0 Å². The van der Waals surface area contributed by atoms with Crippen molar-refractivity contribution < 1.29 is 9.53 Å². The fourth-order valence-corrected chi connectivity index (χ4v) is 2.05. The Bertz CT molecular complexity index is 537. The van der Waals surface area contributed by atoms with Crippen LogP contribution in [-0.4, -0.2) is 14.9 Å². The van der Waals surface area contributed by atoms with Crippen LogP contribution in [0.1, 0.15) is 25.5 Å². The lowest BCUT2D eigenvalue weighted by atomic mass is 10.2. The van der Waals surface area contributed by atoms with E-state index in [-0.39, 0.29) is 11.9 Å². The third-order valence-corrected chi connectivity index (χ3v) is 3.27. The predicted octanol–water partition coefficient (Wildman–Crippen LogP) is 3.89. The van der Waals surface area contributed by atoms with E-state index >= 15 is 0 Å². The molecule has 0 fully saturated rings. The van der Waals surface area contributed by atoms with E-state index in [0.29, 0.717) is 11.1 Å². The molecule has 0 bridgehead atoms. The van der Waals surface area contributed by atoms with Gasteiger partial charge in [0, 0.05) is 24.0 Å². The fraction of sp³-hybridized carbons (Fsp3) is 0.286. The lowest BCUT2D eigenvalue weighted by molar-refractivity contribution is 0.168. The number of imidazole rings is 1. The highest BCUT2D eigenvalue weighted by molar-refractivity contribution is 8.13. The molecule has 4 nitrogen and oxygen atoms in total. The summed E-state index contributed by atoms with van der Waals surface area (Å²) in [6.07, 6.45) is 3.57. The van der Waals surface area contributed by atoms with Gasteiger partial charge in [-0.05, 0) is 19.4 Å². The van der Waals surface area contributed by atoms with Crippen LogP contribution in [0.15, 0.2) is 47.9 Å². The van der Waals surface area contributed by atoms with Crippen molar-refractivity contribution in [3.8, 4) is 0 Å². The standard InChI is InChI=1S/C14H16N2O2S/c1-11(2)16-8-13(15-10-16)19-14(17)18-9-12-6-4-3-5-7-12/h3-8,10-11H,9H2,1-2H3. The molecule has 100 valence electrons. The number of hydrogen-bond donors (Lipinski definition) is 0. The highest BCUT2D eigenvalue weighted by Gasteiger charge is 2.09. The van der Waals surface area contributed by atoms with Gasteiger partial charge in [-0.2, -0.15) is 0 Å². The third-order valence-electron chi connectivity index (χ3n) is 2.56. The van der Waals surface area contributed by atoms with E-state index < -0.39 is 0 Å². The molecule has 1 heterocycles. The highest BCUT2D eigenvalue weighted by atomic mass is 32.2. The van der Waals surface area contributed by atoms with E-state index in [9.17, 15) is 4.79 Å². The molecule has 0 radical (unpaired) electrons. The van der Waals surface area contributed by atoms with E-state index in [2.05, 4.69) is 18.8 Å². The summed E-state index contributed by atoms with van der Waals surface area (Å²) in [7, 11) is 0. The average Bonchev–Trinajstić information content (AvgIpc) is 2.86. The number of aromatic nitrogens is 2. The zero-order valence-electron chi connectivity index (χ0n) is 10.9. The molecule has 1 aromatic heterocycles. The van der Waals surface area contributed by atoms with Gasteiger partial charge in [0.25, 0.3) is 0 Å². The van der Waals surface area contributed by atoms with Crippen LogP contribution in [-0.2, 0) is 11.3 Å². The molecular weight excluding hydrogens is 260 g/mol. The second kappa shape index (κ2) is 6.43. The number of benzene rings is 1. The minimum Gasteiger partial charge on any atom is -0.452 e. The van der Waals surface area contributed by atoms with Gasteiger partial charge in [0.2, 0.25) is 0 Å². The Labute approximate surface area is 116 Å². The van der Waals surface area contributed by atoms with E-state index in [1.807, 2.05) is 41.1 Å². The van der Waals surface area contributed by atoms with Crippen LogP contribution in [0.5, 0.6) is 0 Å². The maximum absolute atomic E-state index is 11.7. The first kappa shape index (κ1) is 13.7. The first-order valence-corrected chi connectivity index (χ1v) is 6.89. The SMILES string of the molecule is CC(C)n1cnc(SC(=O)OCc2ccccc2)c1. The van der Waals surface area contributed by atoms with E-state index in [1.54, 1.807) is 6.33 Å². The van der Waals surface area contributed by atoms with Gasteiger partial charge >= 0.3 is 5.30 Å². The van der Waals surface area contributed by atoms with Gasteiger partial charge in [-0.15, -0.1) is 0 Å². The van der Waals surface area contributed by atoms with Crippen molar-refractivity contribution in [2.45, 2.75) is 31.5 Å². The first-order chi connectivity index (χ1) is 9.15. The molecule has 0 amide bonds. The Morgan fingerprint density at radius 3 is 2.74 bits per heavy atom. The minimum absolute atomic E-state index is 0.289. The second-order valence-electron chi connectivity index (χ2n) is 4.38. The summed E-state index contributed by atoms with van der Waals surface area (Å²) in [5, 5.41) is 0.324. The molecule has 0 spiro atoms. The van der Waals surface area contributed by atoms with Gasteiger partial charge in [0.15, 0.2) is 0 Å². The molecule has 2 rings (SSSR count). The molecule has 0 aliphatic rings. The fourth-order valence-electron chi connectivity index (χ4n) is 1.48. The number of nitrogens with zero attached hydrogens (tertiary/aromatic N) is 2. The lowest BCUT2D eigenvalue weighted by Crippen LogP contribution is -1.98. The van der Waals surface area contributed by atoms with Crippen LogP contribution in [0.4, 0.5) is 4.79 Å². The van der Waals surface area contributed by atoms with Crippen LogP contribution in [0, 0.1) is 0 Å². The predicted molar refractivity (Wildman–Crippen MR) is 75.1 cm³/mol. The van der Waals surface area contributed by atoms with Crippen molar-refractivity contribution in [2.75, 3.05) is 0 Å².